The van der Waals surface area contributed by atoms with Crippen LogP contribution in [0.3, 0.4) is 0 Å². The van der Waals surface area contributed by atoms with E-state index in [1.165, 1.54) is 0 Å². The Balaban J connectivity index is 3.08. The van der Waals surface area contributed by atoms with Gasteiger partial charge >= 0.3 is 0 Å². The van der Waals surface area contributed by atoms with Crippen molar-refractivity contribution >= 4 is 0 Å². The second-order valence-corrected chi connectivity index (χ2v) is 5.91. The molecule has 0 aliphatic heterocycles. The van der Waals surface area contributed by atoms with Crippen molar-refractivity contribution in [1.29, 1.82) is 5.26 Å². The smallest absolute Gasteiger partial charge is 0.109 e. The van der Waals surface area contributed by atoms with Gasteiger partial charge in [-0.1, -0.05) is 33.6 Å². The summed E-state index contributed by atoms with van der Waals surface area (Å²) in [6.07, 6.45) is 3.74. The molecule has 1 fully saturated rings. The van der Waals surface area contributed by atoms with Crippen molar-refractivity contribution in [2.45, 2.75) is 52.1 Å². The molecule has 3 heteroatoms. The average Bonchev–Trinajstić information content (AvgIpc) is 2.28. The van der Waals surface area contributed by atoms with Gasteiger partial charge in [-0.15, -0.1) is 0 Å². The molecule has 98 valence electrons. The normalized spacial score (nSPS) is 33.1. The highest BCUT2D eigenvalue weighted by molar-refractivity contribution is 5.14. The van der Waals surface area contributed by atoms with Gasteiger partial charge in [0, 0.05) is 7.11 Å². The summed E-state index contributed by atoms with van der Waals surface area (Å²) in [4.78, 5) is 0. The van der Waals surface area contributed by atoms with E-state index < -0.39 is 11.0 Å². The fraction of sp³-hybridized carbons (Fsp3) is 0.929. The molecule has 0 amide bonds. The summed E-state index contributed by atoms with van der Waals surface area (Å²) in [5, 5.41) is 20.5. The number of nitriles is 1. The highest BCUT2D eigenvalue weighted by atomic mass is 16.5. The van der Waals surface area contributed by atoms with Gasteiger partial charge in [-0.25, -0.2) is 0 Å². The molecule has 0 radical (unpaired) electrons. The van der Waals surface area contributed by atoms with Crippen molar-refractivity contribution in [3.63, 3.8) is 0 Å². The highest BCUT2D eigenvalue weighted by Gasteiger charge is 2.54. The molecule has 0 saturated heterocycles. The molecule has 0 spiro atoms. The van der Waals surface area contributed by atoms with Gasteiger partial charge in [0.25, 0.3) is 0 Å². The van der Waals surface area contributed by atoms with E-state index in [4.69, 9.17) is 4.74 Å². The van der Waals surface area contributed by atoms with E-state index in [1.807, 2.05) is 13.8 Å². The van der Waals surface area contributed by atoms with Crippen molar-refractivity contribution in [3.05, 3.63) is 0 Å². The summed E-state index contributed by atoms with van der Waals surface area (Å²) >= 11 is 0. The van der Waals surface area contributed by atoms with Crippen LogP contribution in [-0.4, -0.2) is 24.4 Å². The summed E-state index contributed by atoms with van der Waals surface area (Å²) < 4.78 is 5.18. The minimum Gasteiger partial charge on any atom is -0.386 e. The van der Waals surface area contributed by atoms with Crippen LogP contribution in [-0.2, 0) is 4.74 Å². The highest BCUT2D eigenvalue weighted by Crippen LogP contribution is 2.49. The van der Waals surface area contributed by atoms with Crippen LogP contribution in [0.15, 0.2) is 0 Å². The molecular weight excluding hydrogens is 214 g/mol. The Kier molecular flexibility index (Phi) is 4.57. The van der Waals surface area contributed by atoms with Crippen LogP contribution in [0.25, 0.3) is 0 Å². The zero-order valence-corrected chi connectivity index (χ0v) is 11.5. The first-order chi connectivity index (χ1) is 7.92. The molecule has 0 bridgehead atoms. The van der Waals surface area contributed by atoms with E-state index in [0.29, 0.717) is 5.92 Å². The van der Waals surface area contributed by atoms with Crippen LogP contribution in [0.5, 0.6) is 0 Å². The zero-order valence-electron chi connectivity index (χ0n) is 11.5. The Morgan fingerprint density at radius 1 is 1.59 bits per heavy atom. The minimum atomic E-state index is -1.04. The molecule has 0 aromatic rings. The summed E-state index contributed by atoms with van der Waals surface area (Å²) in [6, 6.07) is 2.42. The average molecular weight is 239 g/mol. The maximum atomic E-state index is 10.9. The predicted octanol–water partition coefficient (Wildman–Crippen LogP) is 2.74. The van der Waals surface area contributed by atoms with Gasteiger partial charge < -0.3 is 9.84 Å². The Morgan fingerprint density at radius 3 is 2.65 bits per heavy atom. The van der Waals surface area contributed by atoms with E-state index in [1.54, 1.807) is 7.11 Å². The predicted molar refractivity (Wildman–Crippen MR) is 67.3 cm³/mol. The minimum absolute atomic E-state index is 0.0207. The monoisotopic (exact) mass is 239 g/mol. The first kappa shape index (κ1) is 14.5. The standard InChI is InChI=1S/C14H25NO2/c1-11(2)14(16,10-17-4)13(9-15)7-5-6-12(3)8-13/h11-12,16H,5-8,10H2,1-4H3. The second-order valence-electron chi connectivity index (χ2n) is 5.91. The number of nitrogens with zero attached hydrogens (tertiary/aromatic N) is 1. The molecule has 17 heavy (non-hydrogen) atoms. The van der Waals surface area contributed by atoms with Crippen LogP contribution in [0.2, 0.25) is 0 Å². The lowest BCUT2D eigenvalue weighted by Crippen LogP contribution is -2.56. The van der Waals surface area contributed by atoms with Gasteiger partial charge in [-0.3, -0.25) is 0 Å². The third-order valence-electron chi connectivity index (χ3n) is 4.36. The van der Waals surface area contributed by atoms with Gasteiger partial charge in [0.1, 0.15) is 5.60 Å². The number of hydrogen-bond acceptors (Lipinski definition) is 3. The number of methoxy groups -OCH3 is 1. The molecule has 1 saturated carbocycles. The van der Waals surface area contributed by atoms with E-state index in [-0.39, 0.29) is 12.5 Å². The molecule has 0 heterocycles. The lowest BCUT2D eigenvalue weighted by molar-refractivity contribution is -0.148. The van der Waals surface area contributed by atoms with Crippen molar-refractivity contribution in [3.8, 4) is 6.07 Å². The van der Waals surface area contributed by atoms with Crippen molar-refractivity contribution in [1.82, 2.24) is 0 Å². The quantitative estimate of drug-likeness (QED) is 0.820. The molecule has 1 aliphatic rings. The van der Waals surface area contributed by atoms with Gasteiger partial charge in [0.15, 0.2) is 0 Å². The van der Waals surface area contributed by atoms with Crippen LogP contribution in [0.1, 0.15) is 46.5 Å². The molecular formula is C14H25NO2. The Hall–Kier alpha value is -0.590. The summed E-state index contributed by atoms with van der Waals surface area (Å²) in [5.74, 6) is 0.526. The Morgan fingerprint density at radius 2 is 2.24 bits per heavy atom. The second kappa shape index (κ2) is 5.37. The lowest BCUT2D eigenvalue weighted by Gasteiger charge is -2.48. The topological polar surface area (TPSA) is 53.2 Å². The lowest BCUT2D eigenvalue weighted by atomic mass is 9.58. The number of hydrogen-bond donors (Lipinski definition) is 1. The number of rotatable bonds is 4. The number of ether oxygens (including phenoxy) is 1. The van der Waals surface area contributed by atoms with Crippen molar-refractivity contribution in [2.75, 3.05) is 13.7 Å². The largest absolute Gasteiger partial charge is 0.386 e. The van der Waals surface area contributed by atoms with E-state index in [9.17, 15) is 10.4 Å². The summed E-state index contributed by atoms with van der Waals surface area (Å²) in [5.41, 5.74) is -1.68. The molecule has 1 aliphatic carbocycles. The molecule has 0 aromatic carbocycles. The van der Waals surface area contributed by atoms with E-state index >= 15 is 0 Å². The van der Waals surface area contributed by atoms with Gasteiger partial charge in [0.2, 0.25) is 0 Å². The molecule has 3 nitrogen and oxygen atoms in total. The van der Waals surface area contributed by atoms with Gasteiger partial charge in [0.05, 0.1) is 18.1 Å². The molecule has 3 atom stereocenters. The third kappa shape index (κ3) is 2.48. The maximum Gasteiger partial charge on any atom is 0.109 e. The first-order valence-corrected chi connectivity index (χ1v) is 6.54. The first-order valence-electron chi connectivity index (χ1n) is 6.54. The maximum absolute atomic E-state index is 10.9. The molecule has 1 rings (SSSR count). The van der Waals surface area contributed by atoms with Crippen LogP contribution < -0.4 is 0 Å². The van der Waals surface area contributed by atoms with Crippen molar-refractivity contribution in [2.24, 2.45) is 17.3 Å². The Bertz CT molecular complexity index is 297. The van der Waals surface area contributed by atoms with Crippen LogP contribution in [0.4, 0.5) is 0 Å². The Labute approximate surface area is 105 Å². The van der Waals surface area contributed by atoms with Gasteiger partial charge in [-0.05, 0) is 24.7 Å². The van der Waals surface area contributed by atoms with E-state index in [2.05, 4.69) is 13.0 Å². The summed E-state index contributed by atoms with van der Waals surface area (Å²) in [7, 11) is 1.59. The fourth-order valence-corrected chi connectivity index (χ4v) is 3.22. The van der Waals surface area contributed by atoms with Gasteiger partial charge in [-0.2, -0.15) is 5.26 Å². The van der Waals surface area contributed by atoms with Crippen LogP contribution in [0, 0.1) is 28.6 Å². The van der Waals surface area contributed by atoms with Crippen molar-refractivity contribution < 1.29 is 9.84 Å². The fourth-order valence-electron chi connectivity index (χ4n) is 3.22. The van der Waals surface area contributed by atoms with Crippen LogP contribution >= 0.6 is 0 Å². The zero-order chi connectivity index (χ0) is 13.1. The van der Waals surface area contributed by atoms with E-state index in [0.717, 1.165) is 25.7 Å². The third-order valence-corrected chi connectivity index (χ3v) is 4.36. The summed E-state index contributed by atoms with van der Waals surface area (Å²) in [6.45, 7) is 6.35. The number of aliphatic hydroxyl groups is 1. The molecule has 1 N–H and O–H groups in total. The SMILES string of the molecule is COCC(O)(C(C)C)C1(C#N)CCCC(C)C1. The molecule has 0 aromatic heterocycles. The molecule has 3 unspecified atom stereocenters.